The van der Waals surface area contributed by atoms with Crippen LogP contribution in [0.4, 0.5) is 8.78 Å². The maximum atomic E-state index is 14.5. The van der Waals surface area contributed by atoms with Crippen molar-refractivity contribution in [1.82, 2.24) is 30.8 Å². The number of nitrogens with zero attached hydrogens (tertiary/aromatic N) is 4. The van der Waals surface area contributed by atoms with Crippen LogP contribution in [0.3, 0.4) is 0 Å². The number of hydrogen-bond acceptors (Lipinski definition) is 6. The molecule has 1 aromatic heterocycles. The second kappa shape index (κ2) is 10.7. The lowest BCUT2D eigenvalue weighted by molar-refractivity contribution is 0.0120. The van der Waals surface area contributed by atoms with Gasteiger partial charge in [-0.15, -0.1) is 0 Å². The van der Waals surface area contributed by atoms with Gasteiger partial charge < -0.3 is 15.7 Å². The lowest BCUT2D eigenvalue weighted by atomic mass is 9.92. The normalized spacial score (nSPS) is 12.8. The van der Waals surface area contributed by atoms with Gasteiger partial charge in [0.15, 0.2) is 5.11 Å². The Morgan fingerprint density at radius 3 is 2.67 bits per heavy atom. The number of hydrazone groups is 1. The van der Waals surface area contributed by atoms with Crippen molar-refractivity contribution in [2.45, 2.75) is 12.1 Å². The van der Waals surface area contributed by atoms with E-state index in [4.69, 9.17) is 12.2 Å². The summed E-state index contributed by atoms with van der Waals surface area (Å²) >= 11 is 4.91. The van der Waals surface area contributed by atoms with Crippen molar-refractivity contribution in [2.75, 3.05) is 13.6 Å². The van der Waals surface area contributed by atoms with Crippen molar-refractivity contribution in [1.29, 1.82) is 0 Å². The topological polar surface area (TPSA) is 116 Å². The van der Waals surface area contributed by atoms with Gasteiger partial charge >= 0.3 is 0 Å². The zero-order valence-corrected chi connectivity index (χ0v) is 18.3. The van der Waals surface area contributed by atoms with E-state index in [0.717, 1.165) is 12.1 Å². The maximum Gasteiger partial charge on any atom is 0.251 e. The molecule has 0 bridgehead atoms. The van der Waals surface area contributed by atoms with E-state index in [1.807, 2.05) is 0 Å². The number of carbonyl (C=O) groups excluding carboxylic acids is 1. The van der Waals surface area contributed by atoms with Crippen molar-refractivity contribution in [2.24, 2.45) is 5.10 Å². The number of amides is 1. The molecule has 1 unspecified atom stereocenters. The lowest BCUT2D eigenvalue weighted by Gasteiger charge is -2.29. The molecule has 1 amide bonds. The van der Waals surface area contributed by atoms with Gasteiger partial charge in [0.25, 0.3) is 5.91 Å². The van der Waals surface area contributed by atoms with Crippen molar-refractivity contribution in [3.63, 3.8) is 0 Å². The maximum absolute atomic E-state index is 14.5. The summed E-state index contributed by atoms with van der Waals surface area (Å²) in [5.41, 5.74) is 1.55. The molecule has 1 atom stereocenters. The van der Waals surface area contributed by atoms with E-state index in [0.29, 0.717) is 22.3 Å². The highest BCUT2D eigenvalue weighted by Crippen LogP contribution is 2.26. The molecule has 3 aromatic rings. The predicted octanol–water partition coefficient (Wildman–Crippen LogP) is 1.30. The Labute approximate surface area is 193 Å². The van der Waals surface area contributed by atoms with Gasteiger partial charge in [0.1, 0.15) is 29.9 Å². The molecule has 0 radical (unpaired) electrons. The van der Waals surface area contributed by atoms with Gasteiger partial charge in [-0.25, -0.2) is 18.4 Å². The van der Waals surface area contributed by atoms with Crippen LogP contribution < -0.4 is 16.1 Å². The molecule has 0 fully saturated rings. The highest BCUT2D eigenvalue weighted by molar-refractivity contribution is 7.80. The fraction of sp³-hybridized carbons (Fsp3) is 0.190. The van der Waals surface area contributed by atoms with Crippen LogP contribution in [0.15, 0.2) is 60.2 Å². The molecule has 1 heterocycles. The van der Waals surface area contributed by atoms with E-state index in [9.17, 15) is 18.7 Å². The van der Waals surface area contributed by atoms with Gasteiger partial charge in [0, 0.05) is 24.2 Å². The Kier molecular flexibility index (Phi) is 7.74. The Balaban J connectivity index is 1.72. The van der Waals surface area contributed by atoms with Crippen LogP contribution in [0.1, 0.15) is 21.5 Å². The molecule has 4 N–H and O–H groups in total. The first kappa shape index (κ1) is 23.9. The molecular formula is C21H21F2N7O2S. The molecule has 33 heavy (non-hydrogen) atoms. The molecule has 9 nitrogen and oxygen atoms in total. The summed E-state index contributed by atoms with van der Waals surface area (Å²) in [7, 11) is 1.66. The Hall–Kier alpha value is -3.77. The summed E-state index contributed by atoms with van der Waals surface area (Å²) < 4.78 is 29.1. The summed E-state index contributed by atoms with van der Waals surface area (Å²) in [4.78, 5) is 16.4. The van der Waals surface area contributed by atoms with Crippen LogP contribution in [-0.4, -0.2) is 50.7 Å². The second-order valence-corrected chi connectivity index (χ2v) is 7.41. The first-order chi connectivity index (χ1) is 15.8. The molecule has 172 valence electrons. The van der Waals surface area contributed by atoms with E-state index in [-0.39, 0.29) is 18.7 Å². The number of carbonyl (C=O) groups is 1. The zero-order valence-electron chi connectivity index (χ0n) is 17.5. The van der Waals surface area contributed by atoms with Gasteiger partial charge in [0.2, 0.25) is 0 Å². The Morgan fingerprint density at radius 2 is 2.03 bits per heavy atom. The van der Waals surface area contributed by atoms with Crippen molar-refractivity contribution in [3.05, 3.63) is 83.4 Å². The molecular weight excluding hydrogens is 452 g/mol. The standard InChI is InChI=1S/C21H21F2N7O2S/c1-24-20(33)29-27-9-14-2-4-15(5-3-14)19(31)26-10-21(32,11-30-13-25-12-28-30)17-7-6-16(22)8-18(17)23/h2-9,12-13,32H,10-11H2,1H3,(H,26,31)(H2,24,29,33)/b27-9+. The van der Waals surface area contributed by atoms with E-state index in [1.54, 1.807) is 31.3 Å². The number of aromatic nitrogens is 3. The number of aliphatic hydroxyl groups is 1. The predicted molar refractivity (Wildman–Crippen MR) is 121 cm³/mol. The SMILES string of the molecule is CNC(=S)N/N=C/c1ccc(C(=O)NCC(O)(Cn2cncn2)c2ccc(F)cc2F)cc1. The summed E-state index contributed by atoms with van der Waals surface area (Å²) in [6.07, 6.45) is 4.12. The highest BCUT2D eigenvalue weighted by atomic mass is 32.1. The van der Waals surface area contributed by atoms with E-state index in [2.05, 4.69) is 31.2 Å². The minimum absolute atomic E-state index is 0.182. The molecule has 0 aliphatic heterocycles. The van der Waals surface area contributed by atoms with E-state index >= 15 is 0 Å². The van der Waals surface area contributed by atoms with Crippen molar-refractivity contribution >= 4 is 29.5 Å². The molecule has 0 aliphatic rings. The molecule has 3 rings (SSSR count). The van der Waals surface area contributed by atoms with Crippen LogP contribution in [0.5, 0.6) is 0 Å². The molecule has 2 aromatic carbocycles. The number of hydrogen-bond donors (Lipinski definition) is 4. The number of benzene rings is 2. The summed E-state index contributed by atoms with van der Waals surface area (Å²) in [5.74, 6) is -2.22. The van der Waals surface area contributed by atoms with Crippen LogP contribution in [-0.2, 0) is 12.1 Å². The van der Waals surface area contributed by atoms with Crippen LogP contribution >= 0.6 is 12.2 Å². The van der Waals surface area contributed by atoms with Crippen LogP contribution in [0.25, 0.3) is 0 Å². The van der Waals surface area contributed by atoms with Crippen molar-refractivity contribution in [3.8, 4) is 0 Å². The fourth-order valence-electron chi connectivity index (χ4n) is 2.96. The average molecular weight is 474 g/mol. The molecule has 0 aliphatic carbocycles. The first-order valence-electron chi connectivity index (χ1n) is 9.70. The molecule has 12 heteroatoms. The Bertz CT molecular complexity index is 1140. The third-order valence-electron chi connectivity index (χ3n) is 4.64. The van der Waals surface area contributed by atoms with Crippen LogP contribution in [0.2, 0.25) is 0 Å². The van der Waals surface area contributed by atoms with Gasteiger partial charge in [-0.05, 0) is 36.0 Å². The molecule has 0 saturated heterocycles. The third-order valence-corrected chi connectivity index (χ3v) is 4.94. The molecule has 0 saturated carbocycles. The smallest absolute Gasteiger partial charge is 0.251 e. The lowest BCUT2D eigenvalue weighted by Crippen LogP contribution is -2.44. The van der Waals surface area contributed by atoms with Gasteiger partial charge in [-0.1, -0.05) is 18.2 Å². The quantitative estimate of drug-likeness (QED) is 0.221. The summed E-state index contributed by atoms with van der Waals surface area (Å²) in [6, 6.07) is 9.32. The number of rotatable bonds is 8. The minimum Gasteiger partial charge on any atom is -0.381 e. The third kappa shape index (κ3) is 6.37. The summed E-state index contributed by atoms with van der Waals surface area (Å²) in [5, 5.41) is 24.8. The van der Waals surface area contributed by atoms with Crippen LogP contribution in [0, 0.1) is 11.6 Å². The number of thiocarbonyl (C=S) groups is 1. The minimum atomic E-state index is -1.91. The second-order valence-electron chi connectivity index (χ2n) is 7.00. The van der Waals surface area contributed by atoms with E-state index < -0.39 is 23.1 Å². The highest BCUT2D eigenvalue weighted by Gasteiger charge is 2.34. The average Bonchev–Trinajstić information content (AvgIpc) is 3.30. The summed E-state index contributed by atoms with van der Waals surface area (Å²) in [6.45, 7) is -0.574. The monoisotopic (exact) mass is 473 g/mol. The van der Waals surface area contributed by atoms with Crippen molar-refractivity contribution < 1.29 is 18.7 Å². The Morgan fingerprint density at radius 1 is 1.27 bits per heavy atom. The number of halogens is 2. The fourth-order valence-corrected chi connectivity index (χ4v) is 3.01. The number of nitrogens with one attached hydrogen (secondary N) is 3. The first-order valence-corrected chi connectivity index (χ1v) is 10.1. The van der Waals surface area contributed by atoms with E-state index in [1.165, 1.54) is 23.6 Å². The largest absolute Gasteiger partial charge is 0.381 e. The molecule has 0 spiro atoms. The van der Waals surface area contributed by atoms with Gasteiger partial charge in [-0.3, -0.25) is 10.2 Å². The zero-order chi connectivity index (χ0) is 23.8. The van der Waals surface area contributed by atoms with Gasteiger partial charge in [0.05, 0.1) is 19.3 Å². The van der Waals surface area contributed by atoms with Gasteiger partial charge in [-0.2, -0.15) is 10.2 Å².